The summed E-state index contributed by atoms with van der Waals surface area (Å²) >= 11 is 0. The number of aliphatic hydroxyl groups is 1. The van der Waals surface area contributed by atoms with Gasteiger partial charge in [-0.15, -0.1) is 0 Å². The molecule has 0 saturated carbocycles. The van der Waals surface area contributed by atoms with Crippen LogP contribution in [0, 0.1) is 0 Å². The lowest BCUT2D eigenvalue weighted by Gasteiger charge is -2.29. The van der Waals surface area contributed by atoms with Crippen molar-refractivity contribution in [3.05, 3.63) is 36.5 Å². The van der Waals surface area contributed by atoms with Gasteiger partial charge in [-0.1, -0.05) is 6.08 Å². The predicted octanol–water partition coefficient (Wildman–Crippen LogP) is 1.29. The maximum atomic E-state index is 12.6. The molecule has 0 saturated heterocycles. The fourth-order valence-electron chi connectivity index (χ4n) is 2.75. The molecule has 9 nitrogen and oxygen atoms in total. The van der Waals surface area contributed by atoms with E-state index in [1.165, 1.54) is 25.5 Å². The zero-order valence-corrected chi connectivity index (χ0v) is 14.0. The summed E-state index contributed by atoms with van der Waals surface area (Å²) in [6, 6.07) is 4.52. The summed E-state index contributed by atoms with van der Waals surface area (Å²) in [6.07, 6.45) is 3.54. The summed E-state index contributed by atoms with van der Waals surface area (Å²) in [6.45, 7) is 0. The molecule has 2 aromatic heterocycles. The molecule has 1 aliphatic carbocycles. The van der Waals surface area contributed by atoms with Crippen LogP contribution in [-0.2, 0) is 4.79 Å². The number of amides is 2. The minimum absolute atomic E-state index is 0.0834. The number of anilines is 1. The predicted molar refractivity (Wildman–Crippen MR) is 93.0 cm³/mol. The van der Waals surface area contributed by atoms with Crippen LogP contribution in [-0.4, -0.2) is 50.9 Å². The van der Waals surface area contributed by atoms with Gasteiger partial charge in [0.25, 0.3) is 5.91 Å². The number of pyridine rings is 2. The van der Waals surface area contributed by atoms with E-state index in [9.17, 15) is 14.7 Å². The summed E-state index contributed by atoms with van der Waals surface area (Å²) in [4.78, 5) is 31.7. The first-order valence-corrected chi connectivity index (χ1v) is 7.94. The average Bonchev–Trinajstić information content (AvgIpc) is 2.63. The SMILES string of the molecule is COc1ccc2nccc(NC(=O)C3(O)C=CC(NC(=O)O)CC3)c2n1. The molecular weight excluding hydrogens is 340 g/mol. The first-order valence-electron chi connectivity index (χ1n) is 7.94. The number of hydrogen-bond donors (Lipinski definition) is 4. The summed E-state index contributed by atoms with van der Waals surface area (Å²) in [5.74, 6) is -0.250. The summed E-state index contributed by atoms with van der Waals surface area (Å²) in [5, 5.41) is 24.3. The van der Waals surface area contributed by atoms with Gasteiger partial charge in [0.15, 0.2) is 5.60 Å². The molecule has 0 radical (unpaired) electrons. The summed E-state index contributed by atoms with van der Waals surface area (Å²) in [7, 11) is 1.49. The number of aromatic nitrogens is 2. The maximum Gasteiger partial charge on any atom is 0.405 e. The van der Waals surface area contributed by atoms with E-state index < -0.39 is 23.6 Å². The third kappa shape index (κ3) is 3.57. The molecule has 2 amide bonds. The van der Waals surface area contributed by atoms with Crippen LogP contribution in [0.5, 0.6) is 5.88 Å². The van der Waals surface area contributed by atoms with E-state index in [2.05, 4.69) is 20.6 Å². The second-order valence-electron chi connectivity index (χ2n) is 5.91. The van der Waals surface area contributed by atoms with Gasteiger partial charge in [0.2, 0.25) is 5.88 Å². The Labute approximate surface area is 148 Å². The third-order valence-corrected chi connectivity index (χ3v) is 4.16. The first kappa shape index (κ1) is 17.6. The van der Waals surface area contributed by atoms with Crippen LogP contribution in [0.15, 0.2) is 36.5 Å². The molecule has 0 bridgehead atoms. The van der Waals surface area contributed by atoms with Crippen molar-refractivity contribution in [3.8, 4) is 5.88 Å². The van der Waals surface area contributed by atoms with Gasteiger partial charge in [-0.25, -0.2) is 9.78 Å². The molecular formula is C17H18N4O5. The standard InChI is InChI=1S/C17H18N4O5/c1-26-13-3-2-11-14(21-13)12(6-9-18-11)20-15(22)17(25)7-4-10(5-8-17)19-16(23)24/h2-4,6-7,9-10,19,25H,5,8H2,1H3,(H,23,24)(H,18,20,22). The highest BCUT2D eigenvalue weighted by Crippen LogP contribution is 2.27. The number of carbonyl (C=O) groups is 2. The van der Waals surface area contributed by atoms with Gasteiger partial charge < -0.3 is 25.6 Å². The Morgan fingerprint density at radius 1 is 1.35 bits per heavy atom. The van der Waals surface area contributed by atoms with E-state index in [-0.39, 0.29) is 6.42 Å². The Morgan fingerprint density at radius 3 is 2.81 bits per heavy atom. The molecule has 0 spiro atoms. The van der Waals surface area contributed by atoms with Crippen molar-refractivity contribution >= 4 is 28.7 Å². The first-order chi connectivity index (χ1) is 12.4. The molecule has 2 unspecified atom stereocenters. The maximum absolute atomic E-state index is 12.6. The number of carboxylic acid groups (broad SMARTS) is 1. The second kappa shape index (κ2) is 6.96. The highest BCUT2D eigenvalue weighted by Gasteiger charge is 2.36. The van der Waals surface area contributed by atoms with Crippen molar-refractivity contribution in [1.82, 2.24) is 15.3 Å². The number of nitrogens with one attached hydrogen (secondary N) is 2. The van der Waals surface area contributed by atoms with Gasteiger partial charge in [-0.3, -0.25) is 9.78 Å². The minimum Gasteiger partial charge on any atom is -0.481 e. The largest absolute Gasteiger partial charge is 0.481 e. The van der Waals surface area contributed by atoms with Crippen LogP contribution in [0.1, 0.15) is 12.8 Å². The van der Waals surface area contributed by atoms with Crippen molar-refractivity contribution in [1.29, 1.82) is 0 Å². The van der Waals surface area contributed by atoms with Crippen LogP contribution in [0.25, 0.3) is 11.0 Å². The Balaban J connectivity index is 1.82. The van der Waals surface area contributed by atoms with Gasteiger partial charge in [-0.2, -0.15) is 0 Å². The molecule has 136 valence electrons. The van der Waals surface area contributed by atoms with Crippen LogP contribution in [0.2, 0.25) is 0 Å². The number of rotatable bonds is 4. The number of fused-ring (bicyclic) bond motifs is 1. The lowest BCUT2D eigenvalue weighted by molar-refractivity contribution is -0.130. The van der Waals surface area contributed by atoms with Gasteiger partial charge in [0.05, 0.1) is 24.4 Å². The summed E-state index contributed by atoms with van der Waals surface area (Å²) in [5.41, 5.74) is -0.327. The Hall–Kier alpha value is -3.20. The van der Waals surface area contributed by atoms with Crippen molar-refractivity contribution in [3.63, 3.8) is 0 Å². The topological polar surface area (TPSA) is 134 Å². The number of nitrogens with zero attached hydrogens (tertiary/aromatic N) is 2. The molecule has 1 aliphatic rings. The van der Waals surface area contributed by atoms with Crippen LogP contribution < -0.4 is 15.4 Å². The second-order valence-corrected chi connectivity index (χ2v) is 5.91. The third-order valence-electron chi connectivity index (χ3n) is 4.16. The fraction of sp³-hybridized carbons (Fsp3) is 0.294. The van der Waals surface area contributed by atoms with Gasteiger partial charge in [-0.05, 0) is 31.1 Å². The molecule has 26 heavy (non-hydrogen) atoms. The normalized spacial score (nSPS) is 22.0. The van der Waals surface area contributed by atoms with E-state index in [1.807, 2.05) is 0 Å². The molecule has 0 aliphatic heterocycles. The van der Waals surface area contributed by atoms with E-state index in [0.717, 1.165) is 0 Å². The quantitative estimate of drug-likeness (QED) is 0.605. The van der Waals surface area contributed by atoms with Crippen molar-refractivity contribution in [2.45, 2.75) is 24.5 Å². The van der Waals surface area contributed by atoms with Gasteiger partial charge in [0.1, 0.15) is 5.52 Å². The van der Waals surface area contributed by atoms with Crippen LogP contribution in [0.4, 0.5) is 10.5 Å². The van der Waals surface area contributed by atoms with Crippen molar-refractivity contribution in [2.24, 2.45) is 0 Å². The molecule has 4 N–H and O–H groups in total. The molecule has 0 aromatic carbocycles. The minimum atomic E-state index is -1.73. The van der Waals surface area contributed by atoms with Gasteiger partial charge in [0, 0.05) is 12.3 Å². The zero-order chi connectivity index (χ0) is 18.7. The average molecular weight is 358 g/mol. The highest BCUT2D eigenvalue weighted by atomic mass is 16.5. The van der Waals surface area contributed by atoms with E-state index >= 15 is 0 Å². The van der Waals surface area contributed by atoms with Crippen molar-refractivity contribution in [2.75, 3.05) is 12.4 Å². The molecule has 2 atom stereocenters. The number of methoxy groups -OCH3 is 1. The smallest absolute Gasteiger partial charge is 0.405 e. The monoisotopic (exact) mass is 358 g/mol. The van der Waals surface area contributed by atoms with Gasteiger partial charge >= 0.3 is 6.09 Å². The number of carbonyl (C=O) groups excluding carboxylic acids is 1. The number of ether oxygens (including phenoxy) is 1. The highest BCUT2D eigenvalue weighted by molar-refractivity contribution is 6.03. The zero-order valence-electron chi connectivity index (χ0n) is 14.0. The number of hydrogen-bond acceptors (Lipinski definition) is 6. The Bertz CT molecular complexity index is 885. The molecule has 3 rings (SSSR count). The Kier molecular flexibility index (Phi) is 4.72. The molecule has 2 aromatic rings. The fourth-order valence-corrected chi connectivity index (χ4v) is 2.75. The Morgan fingerprint density at radius 2 is 2.15 bits per heavy atom. The van der Waals surface area contributed by atoms with Crippen LogP contribution >= 0.6 is 0 Å². The molecule has 9 heteroatoms. The molecule has 2 heterocycles. The van der Waals surface area contributed by atoms with E-state index in [0.29, 0.717) is 29.0 Å². The molecule has 0 fully saturated rings. The van der Waals surface area contributed by atoms with E-state index in [4.69, 9.17) is 9.84 Å². The summed E-state index contributed by atoms with van der Waals surface area (Å²) < 4.78 is 5.09. The van der Waals surface area contributed by atoms with Crippen molar-refractivity contribution < 1.29 is 24.5 Å². The lowest BCUT2D eigenvalue weighted by atomic mass is 9.88. The lowest BCUT2D eigenvalue weighted by Crippen LogP contribution is -2.46. The van der Waals surface area contributed by atoms with Crippen LogP contribution in [0.3, 0.4) is 0 Å². The van der Waals surface area contributed by atoms with E-state index in [1.54, 1.807) is 18.2 Å².